The number of nitrogens with zero attached hydrogens (tertiary/aromatic N) is 1. The van der Waals surface area contributed by atoms with Crippen molar-refractivity contribution in [1.82, 2.24) is 10.2 Å². The summed E-state index contributed by atoms with van der Waals surface area (Å²) in [6.45, 7) is 4.03. The minimum absolute atomic E-state index is 0.155. The second-order valence-corrected chi connectivity index (χ2v) is 5.85. The number of amides is 2. The van der Waals surface area contributed by atoms with Crippen molar-refractivity contribution in [2.24, 2.45) is 5.92 Å². The van der Waals surface area contributed by atoms with E-state index in [1.807, 2.05) is 30.3 Å². The number of esters is 1. The lowest BCUT2D eigenvalue weighted by Crippen LogP contribution is -2.48. The number of rotatable bonds is 8. The quantitative estimate of drug-likeness (QED) is 0.725. The van der Waals surface area contributed by atoms with Gasteiger partial charge in [-0.1, -0.05) is 44.2 Å². The van der Waals surface area contributed by atoms with Gasteiger partial charge in [0.05, 0.1) is 14.2 Å². The largest absolute Gasteiger partial charge is 0.467 e. The molecule has 0 radical (unpaired) electrons. The summed E-state index contributed by atoms with van der Waals surface area (Å²) in [4.78, 5) is 37.6. The van der Waals surface area contributed by atoms with E-state index in [1.54, 1.807) is 13.8 Å². The minimum atomic E-state index is -0.794. The number of ether oxygens (including phenoxy) is 2. The van der Waals surface area contributed by atoms with Crippen LogP contribution in [-0.2, 0) is 25.6 Å². The van der Waals surface area contributed by atoms with Gasteiger partial charge in [0.25, 0.3) is 0 Å². The molecule has 0 heterocycles. The molecule has 1 aromatic rings. The Labute approximate surface area is 148 Å². The molecule has 0 saturated heterocycles. The highest BCUT2D eigenvalue weighted by Crippen LogP contribution is 2.16. The van der Waals surface area contributed by atoms with Crippen molar-refractivity contribution >= 4 is 18.0 Å². The van der Waals surface area contributed by atoms with Crippen molar-refractivity contribution in [3.8, 4) is 0 Å². The number of hydrogen-bond donors (Lipinski definition) is 1. The van der Waals surface area contributed by atoms with E-state index in [2.05, 4.69) is 10.1 Å². The SMILES string of the molecule is COC(=O)NCC[C@@H](C(=O)OC)N(Cc1ccccc1)C(=O)C(C)C. The molecule has 0 aromatic heterocycles. The van der Waals surface area contributed by atoms with Gasteiger partial charge in [-0.2, -0.15) is 0 Å². The van der Waals surface area contributed by atoms with Crippen LogP contribution in [0.5, 0.6) is 0 Å². The molecule has 1 N–H and O–H groups in total. The van der Waals surface area contributed by atoms with Gasteiger partial charge in [0.15, 0.2) is 0 Å². The van der Waals surface area contributed by atoms with Crippen LogP contribution in [0.3, 0.4) is 0 Å². The number of hydrogen-bond acceptors (Lipinski definition) is 5. The summed E-state index contributed by atoms with van der Waals surface area (Å²) in [6.07, 6.45) is -0.360. The molecule has 0 aliphatic rings. The van der Waals surface area contributed by atoms with Crippen LogP contribution >= 0.6 is 0 Å². The average molecular weight is 350 g/mol. The molecule has 0 bridgehead atoms. The summed E-state index contributed by atoms with van der Waals surface area (Å²) in [5.41, 5.74) is 0.909. The highest BCUT2D eigenvalue weighted by Gasteiger charge is 2.31. The smallest absolute Gasteiger partial charge is 0.406 e. The fourth-order valence-corrected chi connectivity index (χ4v) is 2.37. The van der Waals surface area contributed by atoms with Gasteiger partial charge >= 0.3 is 12.1 Å². The molecular formula is C18H26N2O5. The number of nitrogens with one attached hydrogen (secondary N) is 1. The van der Waals surface area contributed by atoms with Crippen molar-refractivity contribution in [3.63, 3.8) is 0 Å². The summed E-state index contributed by atoms with van der Waals surface area (Å²) in [5.74, 6) is -0.946. The Morgan fingerprint density at radius 1 is 1.08 bits per heavy atom. The molecule has 1 atom stereocenters. The second kappa shape index (κ2) is 10.3. The zero-order valence-corrected chi connectivity index (χ0v) is 15.2. The van der Waals surface area contributed by atoms with Gasteiger partial charge in [-0.15, -0.1) is 0 Å². The third-order valence-corrected chi connectivity index (χ3v) is 3.69. The number of methoxy groups -OCH3 is 2. The lowest BCUT2D eigenvalue weighted by molar-refractivity contribution is -0.155. The molecule has 138 valence electrons. The molecule has 0 unspecified atom stereocenters. The Kier molecular flexibility index (Phi) is 8.46. The van der Waals surface area contributed by atoms with Gasteiger partial charge in [-0.05, 0) is 12.0 Å². The van der Waals surface area contributed by atoms with E-state index in [0.717, 1.165) is 5.56 Å². The monoisotopic (exact) mass is 350 g/mol. The third-order valence-electron chi connectivity index (χ3n) is 3.69. The van der Waals surface area contributed by atoms with Crippen LogP contribution in [-0.4, -0.2) is 49.7 Å². The van der Waals surface area contributed by atoms with Crippen molar-refractivity contribution in [2.75, 3.05) is 20.8 Å². The van der Waals surface area contributed by atoms with Crippen LogP contribution in [0.1, 0.15) is 25.8 Å². The van der Waals surface area contributed by atoms with Crippen LogP contribution in [0.2, 0.25) is 0 Å². The lowest BCUT2D eigenvalue weighted by Gasteiger charge is -2.31. The molecule has 2 amide bonds. The number of alkyl carbamates (subject to hydrolysis) is 1. The van der Waals surface area contributed by atoms with Crippen LogP contribution in [0, 0.1) is 5.92 Å². The zero-order chi connectivity index (χ0) is 18.8. The van der Waals surface area contributed by atoms with E-state index >= 15 is 0 Å². The van der Waals surface area contributed by atoms with Gasteiger partial charge in [-0.25, -0.2) is 9.59 Å². The van der Waals surface area contributed by atoms with E-state index in [9.17, 15) is 14.4 Å². The fraction of sp³-hybridized carbons (Fsp3) is 0.500. The predicted molar refractivity (Wildman–Crippen MR) is 92.7 cm³/mol. The van der Waals surface area contributed by atoms with Gasteiger partial charge in [0, 0.05) is 19.0 Å². The first-order chi connectivity index (χ1) is 11.9. The van der Waals surface area contributed by atoms with E-state index in [1.165, 1.54) is 19.1 Å². The topological polar surface area (TPSA) is 84.9 Å². The number of carbonyl (C=O) groups excluding carboxylic acids is 3. The first-order valence-corrected chi connectivity index (χ1v) is 8.14. The van der Waals surface area contributed by atoms with Crippen LogP contribution in [0.25, 0.3) is 0 Å². The third kappa shape index (κ3) is 6.45. The van der Waals surface area contributed by atoms with Gasteiger partial charge in [0.1, 0.15) is 6.04 Å². The van der Waals surface area contributed by atoms with E-state index in [-0.39, 0.29) is 31.3 Å². The van der Waals surface area contributed by atoms with Gasteiger partial charge in [0.2, 0.25) is 5.91 Å². The van der Waals surface area contributed by atoms with E-state index < -0.39 is 18.1 Å². The van der Waals surface area contributed by atoms with Crippen LogP contribution in [0.15, 0.2) is 30.3 Å². The van der Waals surface area contributed by atoms with Crippen molar-refractivity contribution < 1.29 is 23.9 Å². The average Bonchev–Trinajstić information content (AvgIpc) is 2.63. The molecule has 0 spiro atoms. The number of benzene rings is 1. The second-order valence-electron chi connectivity index (χ2n) is 5.85. The minimum Gasteiger partial charge on any atom is -0.467 e. The first kappa shape index (κ1) is 20.5. The van der Waals surface area contributed by atoms with Crippen molar-refractivity contribution in [2.45, 2.75) is 32.9 Å². The van der Waals surface area contributed by atoms with Crippen molar-refractivity contribution in [3.05, 3.63) is 35.9 Å². The molecular weight excluding hydrogens is 324 g/mol. The Morgan fingerprint density at radius 2 is 1.72 bits per heavy atom. The summed E-state index contributed by atoms with van der Waals surface area (Å²) in [7, 11) is 2.54. The molecule has 7 nitrogen and oxygen atoms in total. The highest BCUT2D eigenvalue weighted by molar-refractivity contribution is 5.85. The molecule has 1 rings (SSSR count). The number of carbonyl (C=O) groups is 3. The molecule has 0 fully saturated rings. The standard InChI is InChI=1S/C18H26N2O5/c1-13(2)16(21)20(12-14-8-6-5-7-9-14)15(17(22)24-3)10-11-19-18(23)25-4/h5-9,13,15H,10-12H2,1-4H3,(H,19,23)/t15-/m0/s1. The molecule has 7 heteroatoms. The van der Waals surface area contributed by atoms with Gasteiger partial charge < -0.3 is 19.7 Å². The maximum atomic E-state index is 12.7. The molecule has 25 heavy (non-hydrogen) atoms. The molecule has 1 aromatic carbocycles. The summed E-state index contributed by atoms with van der Waals surface area (Å²) in [6, 6.07) is 8.62. The Hall–Kier alpha value is -2.57. The van der Waals surface area contributed by atoms with Crippen molar-refractivity contribution in [1.29, 1.82) is 0 Å². The lowest BCUT2D eigenvalue weighted by atomic mass is 10.1. The highest BCUT2D eigenvalue weighted by atomic mass is 16.5. The van der Waals surface area contributed by atoms with E-state index in [4.69, 9.17) is 4.74 Å². The molecule has 0 aliphatic heterocycles. The van der Waals surface area contributed by atoms with Gasteiger partial charge in [-0.3, -0.25) is 4.79 Å². The predicted octanol–water partition coefficient (Wildman–Crippen LogP) is 1.96. The summed E-state index contributed by atoms with van der Waals surface area (Å²) >= 11 is 0. The van der Waals surface area contributed by atoms with E-state index in [0.29, 0.717) is 0 Å². The summed E-state index contributed by atoms with van der Waals surface area (Å²) in [5, 5.41) is 2.52. The fourth-order valence-electron chi connectivity index (χ4n) is 2.37. The maximum Gasteiger partial charge on any atom is 0.406 e. The zero-order valence-electron chi connectivity index (χ0n) is 15.2. The Balaban J connectivity index is 2.99. The maximum absolute atomic E-state index is 12.7. The Morgan fingerprint density at radius 3 is 2.24 bits per heavy atom. The first-order valence-electron chi connectivity index (χ1n) is 8.14. The molecule has 0 saturated carbocycles. The van der Waals surface area contributed by atoms with Crippen LogP contribution in [0.4, 0.5) is 4.79 Å². The molecule has 0 aliphatic carbocycles. The Bertz CT molecular complexity index is 574. The van der Waals surface area contributed by atoms with Crippen LogP contribution < -0.4 is 5.32 Å². The normalized spacial score (nSPS) is 11.6. The summed E-state index contributed by atoms with van der Waals surface area (Å²) < 4.78 is 9.38.